The number of phosphoric ester groups is 1. The molecule has 3 atom stereocenters. The molecule has 0 saturated heterocycles. The molecule has 0 heterocycles. The zero-order valence-corrected chi connectivity index (χ0v) is 28.6. The predicted octanol–water partition coefficient (Wildman–Crippen LogP) is 7.21. The summed E-state index contributed by atoms with van der Waals surface area (Å²) in [6.07, 6.45) is 26.6. The largest absolute Gasteiger partial charge is 0.756 e. The number of quaternary nitrogens is 1. The second-order valence-corrected chi connectivity index (χ2v) is 13.9. The smallest absolute Gasteiger partial charge is 0.268 e. The third-order valence-corrected chi connectivity index (χ3v) is 8.16. The lowest BCUT2D eigenvalue weighted by molar-refractivity contribution is -0.870. The van der Waals surface area contributed by atoms with Gasteiger partial charge in [-0.25, -0.2) is 0 Å². The number of carbonyl (C=O) groups excluding carboxylic acids is 1. The number of aliphatic hydroxyl groups is 1. The van der Waals surface area contributed by atoms with Crippen molar-refractivity contribution in [1.82, 2.24) is 5.32 Å². The maximum Gasteiger partial charge on any atom is 0.268 e. The molecule has 0 aromatic rings. The van der Waals surface area contributed by atoms with E-state index in [9.17, 15) is 19.4 Å². The number of carbonyl (C=O) groups is 1. The van der Waals surface area contributed by atoms with Crippen molar-refractivity contribution in [2.24, 2.45) is 0 Å². The van der Waals surface area contributed by atoms with E-state index in [1.807, 2.05) is 21.1 Å². The van der Waals surface area contributed by atoms with Gasteiger partial charge in [-0.1, -0.05) is 102 Å². The van der Waals surface area contributed by atoms with Crippen LogP contribution in [0.4, 0.5) is 0 Å². The van der Waals surface area contributed by atoms with Crippen LogP contribution in [0.2, 0.25) is 0 Å². The Morgan fingerprint density at radius 1 is 0.833 bits per heavy atom. The Morgan fingerprint density at radius 2 is 1.38 bits per heavy atom. The van der Waals surface area contributed by atoms with Crippen molar-refractivity contribution in [1.29, 1.82) is 0 Å². The Hall–Kier alpha value is -1.02. The summed E-state index contributed by atoms with van der Waals surface area (Å²) in [6.45, 7) is 4.53. The molecule has 0 aliphatic heterocycles. The lowest BCUT2D eigenvalue weighted by atomic mass is 10.0. The first-order chi connectivity index (χ1) is 20.0. The molecule has 0 aliphatic rings. The fraction of sp³-hybridized carbons (Fsp3) is 0.848. The standard InChI is InChI=1S/C33H65N2O6P/c1-6-8-10-12-13-14-15-16-17-18-19-20-21-22-23-25-27-33(37)34-31(32(36)26-24-11-9-7-2)30-41-42(38,39)40-29-28-35(3,4)5/h14-15,17-18,31-32,36H,6-13,16,19-30H2,1-5H3,(H-,34,37,38,39)/b15-14-,18-17-. The van der Waals surface area contributed by atoms with E-state index in [1.54, 1.807) is 0 Å². The van der Waals surface area contributed by atoms with Gasteiger partial charge in [0, 0.05) is 6.42 Å². The number of nitrogens with one attached hydrogen (secondary N) is 1. The number of allylic oxidation sites excluding steroid dienone is 4. The van der Waals surface area contributed by atoms with Gasteiger partial charge in [-0.15, -0.1) is 0 Å². The highest BCUT2D eigenvalue weighted by molar-refractivity contribution is 7.45. The van der Waals surface area contributed by atoms with Crippen LogP contribution in [0.15, 0.2) is 24.3 Å². The van der Waals surface area contributed by atoms with Gasteiger partial charge >= 0.3 is 0 Å². The third-order valence-electron chi connectivity index (χ3n) is 7.19. The summed E-state index contributed by atoms with van der Waals surface area (Å²) < 4.78 is 22.9. The van der Waals surface area contributed by atoms with Gasteiger partial charge in [0.25, 0.3) is 7.82 Å². The summed E-state index contributed by atoms with van der Waals surface area (Å²) in [6, 6.07) is -0.800. The normalized spacial score (nSPS) is 15.3. The molecule has 248 valence electrons. The molecular formula is C33H65N2O6P. The second kappa shape index (κ2) is 26.4. The Morgan fingerprint density at radius 3 is 1.98 bits per heavy atom. The van der Waals surface area contributed by atoms with Crippen molar-refractivity contribution in [2.75, 3.05) is 40.9 Å². The molecule has 2 N–H and O–H groups in total. The molecular weight excluding hydrogens is 551 g/mol. The van der Waals surface area contributed by atoms with Crippen LogP contribution in [0.5, 0.6) is 0 Å². The van der Waals surface area contributed by atoms with E-state index < -0.39 is 20.0 Å². The Labute approximate surface area is 258 Å². The van der Waals surface area contributed by atoms with Gasteiger partial charge in [0.1, 0.15) is 13.2 Å². The number of phosphoric acid groups is 1. The minimum Gasteiger partial charge on any atom is -0.756 e. The third kappa shape index (κ3) is 27.8. The van der Waals surface area contributed by atoms with Crippen molar-refractivity contribution < 1.29 is 32.9 Å². The molecule has 3 unspecified atom stereocenters. The van der Waals surface area contributed by atoms with E-state index >= 15 is 0 Å². The van der Waals surface area contributed by atoms with Gasteiger partial charge in [0.15, 0.2) is 0 Å². The fourth-order valence-corrected chi connectivity index (χ4v) is 5.14. The Kier molecular flexibility index (Phi) is 25.7. The summed E-state index contributed by atoms with van der Waals surface area (Å²) >= 11 is 0. The van der Waals surface area contributed by atoms with Crippen molar-refractivity contribution in [3.8, 4) is 0 Å². The molecule has 1 amide bonds. The summed E-state index contributed by atoms with van der Waals surface area (Å²) in [4.78, 5) is 24.9. The van der Waals surface area contributed by atoms with Crippen molar-refractivity contribution in [3.63, 3.8) is 0 Å². The van der Waals surface area contributed by atoms with Crippen LogP contribution in [-0.2, 0) is 18.4 Å². The van der Waals surface area contributed by atoms with Gasteiger partial charge in [-0.2, -0.15) is 0 Å². The summed E-state index contributed by atoms with van der Waals surface area (Å²) in [7, 11) is 1.28. The summed E-state index contributed by atoms with van der Waals surface area (Å²) in [5.74, 6) is -0.191. The van der Waals surface area contributed by atoms with E-state index in [4.69, 9.17) is 9.05 Å². The van der Waals surface area contributed by atoms with E-state index in [2.05, 4.69) is 43.5 Å². The zero-order chi connectivity index (χ0) is 31.5. The molecule has 0 fully saturated rings. The molecule has 9 heteroatoms. The first-order valence-corrected chi connectivity index (χ1v) is 18.1. The number of nitrogens with zero attached hydrogens (tertiary/aromatic N) is 1. The lowest BCUT2D eigenvalue weighted by Gasteiger charge is -2.30. The van der Waals surface area contributed by atoms with Gasteiger partial charge in [-0.3, -0.25) is 9.36 Å². The minimum absolute atomic E-state index is 0.00770. The van der Waals surface area contributed by atoms with Crippen molar-refractivity contribution >= 4 is 13.7 Å². The molecule has 42 heavy (non-hydrogen) atoms. The van der Waals surface area contributed by atoms with Gasteiger partial charge in [0.2, 0.25) is 5.91 Å². The summed E-state index contributed by atoms with van der Waals surface area (Å²) in [5, 5.41) is 13.5. The number of hydrogen-bond donors (Lipinski definition) is 2. The predicted molar refractivity (Wildman–Crippen MR) is 173 cm³/mol. The van der Waals surface area contributed by atoms with Crippen LogP contribution < -0.4 is 10.2 Å². The van der Waals surface area contributed by atoms with Crippen LogP contribution >= 0.6 is 7.82 Å². The molecule has 0 radical (unpaired) electrons. The van der Waals surface area contributed by atoms with Gasteiger partial charge in [-0.05, 0) is 44.9 Å². The second-order valence-electron chi connectivity index (χ2n) is 12.5. The maximum atomic E-state index is 12.6. The summed E-state index contributed by atoms with van der Waals surface area (Å²) in [5.41, 5.74) is 0. The van der Waals surface area contributed by atoms with Crippen LogP contribution in [0.3, 0.4) is 0 Å². The molecule has 0 spiro atoms. The quantitative estimate of drug-likeness (QED) is 0.0398. The van der Waals surface area contributed by atoms with Crippen LogP contribution in [-0.4, -0.2) is 68.5 Å². The molecule has 8 nitrogen and oxygen atoms in total. The molecule has 0 rings (SSSR count). The van der Waals surface area contributed by atoms with Crippen LogP contribution in [0.1, 0.15) is 129 Å². The van der Waals surface area contributed by atoms with Crippen molar-refractivity contribution in [3.05, 3.63) is 24.3 Å². The highest BCUT2D eigenvalue weighted by Gasteiger charge is 2.24. The molecule has 0 aliphatic carbocycles. The van der Waals surface area contributed by atoms with Crippen molar-refractivity contribution in [2.45, 2.75) is 142 Å². The fourth-order valence-electron chi connectivity index (χ4n) is 4.42. The van der Waals surface area contributed by atoms with Crippen LogP contribution in [0.25, 0.3) is 0 Å². The Balaban J connectivity index is 4.31. The highest BCUT2D eigenvalue weighted by Crippen LogP contribution is 2.38. The van der Waals surface area contributed by atoms with Crippen LogP contribution in [0, 0.1) is 0 Å². The molecule has 0 bridgehead atoms. The van der Waals surface area contributed by atoms with E-state index in [1.165, 1.54) is 32.1 Å². The average molecular weight is 617 g/mol. The number of likely N-dealkylation sites (N-methyl/N-ethyl adjacent to an activating group) is 1. The first-order valence-electron chi connectivity index (χ1n) is 16.7. The topological polar surface area (TPSA) is 108 Å². The molecule has 0 saturated carbocycles. The maximum absolute atomic E-state index is 12.6. The van der Waals surface area contributed by atoms with E-state index in [0.29, 0.717) is 23.9 Å². The number of amides is 1. The number of rotatable bonds is 29. The molecule has 0 aromatic carbocycles. The number of unbranched alkanes of at least 4 members (excludes halogenated alkanes) is 12. The average Bonchev–Trinajstić information content (AvgIpc) is 2.92. The highest BCUT2D eigenvalue weighted by atomic mass is 31.2. The number of hydrogen-bond acceptors (Lipinski definition) is 6. The SMILES string of the molecule is CCCCCC/C=C\C/C=C\CCCCCCCC(=O)NC(COP(=O)([O-])OCC[N+](C)(C)C)C(O)CCCCCC. The van der Waals surface area contributed by atoms with Gasteiger partial charge in [0.05, 0.1) is 39.9 Å². The monoisotopic (exact) mass is 616 g/mol. The minimum atomic E-state index is -4.54. The van der Waals surface area contributed by atoms with Gasteiger partial charge < -0.3 is 28.8 Å². The Bertz CT molecular complexity index is 753. The van der Waals surface area contributed by atoms with E-state index in [-0.39, 0.29) is 19.1 Å². The molecule has 0 aromatic heterocycles. The van der Waals surface area contributed by atoms with E-state index in [0.717, 1.165) is 70.6 Å². The zero-order valence-electron chi connectivity index (χ0n) is 27.7. The first kappa shape index (κ1) is 41.0. The lowest BCUT2D eigenvalue weighted by Crippen LogP contribution is -2.46. The number of aliphatic hydroxyl groups excluding tert-OH is 1.